The summed E-state index contributed by atoms with van der Waals surface area (Å²) >= 11 is 181. The first-order valence-corrected chi connectivity index (χ1v) is 30.9. The molecule has 0 amide bonds. The van der Waals surface area contributed by atoms with Crippen molar-refractivity contribution in [1.82, 2.24) is 0 Å². The SMILES string of the molecule is CO.ClCCl.ClCCl.ClCCl.ClCCl.ClCCl.ClCCl.ClCCl.ClCCl.ClCCl.ClCCl.ClCCl.ClCCl.ClCCl.ClCCl.ClCCl.ClCCl.ClCCl.ClCCl.ClCCl. The third kappa shape index (κ3) is 2570. The van der Waals surface area contributed by atoms with Crippen LogP contribution >= 0.6 is 441 Å². The van der Waals surface area contributed by atoms with E-state index in [2.05, 4.69) is 0 Å². The quantitative estimate of drug-likeness (QED) is 0.240. The van der Waals surface area contributed by atoms with Crippen LogP contribution < -0.4 is 0 Å². The second kappa shape index (κ2) is 355. The molecule has 0 fully saturated rings. The van der Waals surface area contributed by atoms with Crippen LogP contribution in [0.5, 0.6) is 0 Å². The van der Waals surface area contributed by atoms with E-state index in [9.17, 15) is 0 Å². The highest BCUT2D eigenvalue weighted by molar-refractivity contribution is 6.45. The van der Waals surface area contributed by atoms with E-state index in [1.165, 1.54) is 0 Å². The molecule has 0 atom stereocenters. The van der Waals surface area contributed by atoms with E-state index >= 15 is 0 Å². The van der Waals surface area contributed by atoms with Gasteiger partial charge in [0.25, 0.3) is 0 Å². The van der Waals surface area contributed by atoms with E-state index in [0.29, 0.717) is 0 Å². The molecule has 0 aromatic heterocycles. The van der Waals surface area contributed by atoms with Crippen LogP contribution in [0, 0.1) is 0 Å². The van der Waals surface area contributed by atoms with Crippen LogP contribution in [0.1, 0.15) is 0 Å². The van der Waals surface area contributed by atoms with Crippen LogP contribution in [0.15, 0.2) is 0 Å². The van der Waals surface area contributed by atoms with Crippen molar-refractivity contribution in [3.8, 4) is 0 Å². The summed E-state index contributed by atoms with van der Waals surface area (Å²) in [4.78, 5) is 0. The maximum atomic E-state index is 7.00. The van der Waals surface area contributed by atoms with Crippen molar-refractivity contribution in [2.75, 3.05) is 109 Å². The van der Waals surface area contributed by atoms with Crippen LogP contribution in [0.3, 0.4) is 0 Å². The summed E-state index contributed by atoms with van der Waals surface area (Å²) in [6, 6.07) is 0. The molecule has 394 valence electrons. The zero-order valence-electron chi connectivity index (χ0n) is 29.2. The predicted octanol–water partition coefficient (Wildman–Crippen LogP) is 26.6. The van der Waals surface area contributed by atoms with Gasteiger partial charge < -0.3 is 5.11 Å². The number of halogens is 38. The predicted molar refractivity (Wildman–Crippen MR) is 323 cm³/mol. The summed E-state index contributed by atoms with van der Waals surface area (Å²) in [5, 5.41) is 10.7. The van der Waals surface area contributed by atoms with E-state index in [1.807, 2.05) is 0 Å². The second-order valence-corrected chi connectivity index (χ2v) is 17.3. The Balaban J connectivity index is -0.0000000151. The number of aliphatic hydroxyl groups excluding tert-OH is 1. The first kappa shape index (κ1) is 133. The van der Waals surface area contributed by atoms with E-state index in [1.54, 1.807) is 0 Å². The standard InChI is InChI=1S/19CH2Cl2.CH4O/c19*2-1-3;1-2/h19*1H2;2H,1H3. The Hall–Kier alpha value is 11.0. The smallest absolute Gasteiger partial charge is 0.0967 e. The molecule has 0 aliphatic rings. The van der Waals surface area contributed by atoms with Crippen molar-refractivity contribution in [3.05, 3.63) is 0 Å². The number of hydrogen-bond donors (Lipinski definition) is 1. The molecule has 0 unspecified atom stereocenters. The van der Waals surface area contributed by atoms with Gasteiger partial charge in [-0.25, -0.2) is 0 Å². The molecule has 0 aliphatic carbocycles. The topological polar surface area (TPSA) is 20.2 Å². The molecule has 1 nitrogen and oxygen atoms in total. The van der Waals surface area contributed by atoms with Crippen molar-refractivity contribution in [2.45, 2.75) is 0 Å². The van der Waals surface area contributed by atoms with Gasteiger partial charge in [0.2, 0.25) is 0 Å². The minimum atomic E-state index is 0.194. The molecular formula is C20H42Cl38O. The fraction of sp³-hybridized carbons (Fsp3) is 1.00. The second-order valence-electron chi connectivity index (χ2n) is 1.92. The molecule has 59 heavy (non-hydrogen) atoms. The van der Waals surface area contributed by atoms with Crippen molar-refractivity contribution < 1.29 is 5.11 Å². The number of aliphatic hydroxyl groups is 1. The molecule has 0 aromatic rings. The molecule has 0 spiro atoms. The highest BCUT2D eigenvalue weighted by atomic mass is 35.6. The lowest BCUT2D eigenvalue weighted by Gasteiger charge is -1.42. The van der Waals surface area contributed by atoms with Gasteiger partial charge >= 0.3 is 0 Å². The Morgan fingerprint density at radius 1 is 0.119 bits per heavy atom. The van der Waals surface area contributed by atoms with E-state index in [4.69, 9.17) is 446 Å². The Labute approximate surface area is 545 Å². The van der Waals surface area contributed by atoms with Crippen molar-refractivity contribution in [2.24, 2.45) is 0 Å². The van der Waals surface area contributed by atoms with Crippen molar-refractivity contribution in [3.63, 3.8) is 0 Å². The number of alkyl halides is 38. The molecule has 0 heterocycles. The van der Waals surface area contributed by atoms with Gasteiger partial charge in [0.05, 0.1) is 101 Å². The van der Waals surface area contributed by atoms with E-state index in [0.717, 1.165) is 7.11 Å². The zero-order valence-corrected chi connectivity index (χ0v) is 58.0. The fourth-order valence-corrected chi connectivity index (χ4v) is 0. The van der Waals surface area contributed by atoms with Crippen LogP contribution in [0.2, 0.25) is 0 Å². The van der Waals surface area contributed by atoms with Crippen molar-refractivity contribution in [1.29, 1.82) is 0 Å². The molecule has 0 saturated heterocycles. The van der Waals surface area contributed by atoms with Crippen LogP contribution in [0.25, 0.3) is 0 Å². The molecule has 0 rings (SSSR count). The van der Waals surface area contributed by atoms with Gasteiger partial charge in [-0.1, -0.05) is 0 Å². The Morgan fingerprint density at radius 3 is 0.119 bits per heavy atom. The summed E-state index contributed by atoms with van der Waals surface area (Å²) in [7, 11) is 1.00. The average Bonchev–Trinajstić information content (AvgIpc) is 3.12. The normalized spacial score (nSPS) is 5.90. The lowest BCUT2D eigenvalue weighted by Crippen LogP contribution is -1.25. The summed E-state index contributed by atoms with van der Waals surface area (Å²) < 4.78 is 0. The lowest BCUT2D eigenvalue weighted by molar-refractivity contribution is 0.399. The van der Waals surface area contributed by atoms with Gasteiger partial charge in [0, 0.05) is 7.11 Å². The molecule has 0 bridgehead atoms. The maximum absolute atomic E-state index is 7.00. The van der Waals surface area contributed by atoms with Crippen LogP contribution in [-0.4, -0.2) is 114 Å². The van der Waals surface area contributed by atoms with Gasteiger partial charge in [-0.3, -0.25) is 0 Å². The Kier molecular flexibility index (Phi) is 801. The Morgan fingerprint density at radius 2 is 0.119 bits per heavy atom. The molecule has 0 radical (unpaired) electrons. The molecule has 0 aromatic carbocycles. The zero-order chi connectivity index (χ0) is 53.4. The Bertz CT molecular complexity index is 142. The van der Waals surface area contributed by atoms with Gasteiger partial charge in [-0.15, -0.1) is 441 Å². The lowest BCUT2D eigenvalue weighted by atomic mass is 11.8. The monoisotopic (exact) mass is 1630 g/mol. The van der Waals surface area contributed by atoms with Gasteiger partial charge in [0.15, 0.2) is 0 Å². The van der Waals surface area contributed by atoms with E-state index < -0.39 is 0 Å². The number of rotatable bonds is 0. The highest BCUT2D eigenvalue weighted by Gasteiger charge is 1.46. The van der Waals surface area contributed by atoms with Crippen LogP contribution in [0.4, 0.5) is 0 Å². The minimum Gasteiger partial charge on any atom is -0.400 e. The van der Waals surface area contributed by atoms with Gasteiger partial charge in [-0.2, -0.15) is 0 Å². The van der Waals surface area contributed by atoms with Gasteiger partial charge in [-0.05, 0) is 0 Å². The third-order valence-electron chi connectivity index (χ3n) is 0. The summed E-state index contributed by atoms with van der Waals surface area (Å²) in [6.07, 6.45) is 0. The van der Waals surface area contributed by atoms with Gasteiger partial charge in [0.1, 0.15) is 0 Å². The third-order valence-corrected chi connectivity index (χ3v) is 0. The first-order chi connectivity index (χ1) is 27.9. The average molecular weight is 1650 g/mol. The molecule has 0 aliphatic heterocycles. The fourth-order valence-electron chi connectivity index (χ4n) is 0. The molecular weight excluding hydrogens is 1600 g/mol. The largest absolute Gasteiger partial charge is 0.400 e. The van der Waals surface area contributed by atoms with Crippen molar-refractivity contribution >= 4 is 441 Å². The number of hydrogen-bond acceptors (Lipinski definition) is 1. The summed E-state index contributed by atoms with van der Waals surface area (Å²) in [5.41, 5.74) is 0. The summed E-state index contributed by atoms with van der Waals surface area (Å²) in [6.45, 7) is 0. The summed E-state index contributed by atoms with van der Waals surface area (Å²) in [5.74, 6) is 0. The molecule has 1 N–H and O–H groups in total. The molecule has 0 saturated carbocycles. The highest BCUT2D eigenvalue weighted by Crippen LogP contribution is 1.78. The maximum Gasteiger partial charge on any atom is 0.0967 e. The molecule has 39 heteroatoms. The van der Waals surface area contributed by atoms with E-state index in [-0.39, 0.29) is 101 Å². The minimum absolute atomic E-state index is 0.194. The first-order valence-electron chi connectivity index (χ1n) is 10.6. The van der Waals surface area contributed by atoms with Crippen LogP contribution in [-0.2, 0) is 0 Å².